The number of halogens is 1. The molecule has 1 amide bonds. The minimum absolute atomic E-state index is 0.0357. The Bertz CT molecular complexity index is 1710. The SMILES string of the molecule is CCN(C(=O)c1cc(F)ccc1Oc1cncnc1N1CC2(CC(Oc3ccnc4c3CN(CCCN3CC5(CCO5)C3)CC4)C2)C1)C(C)C. The molecular formula is C38H48FN7O4. The van der Waals surface area contributed by atoms with Gasteiger partial charge in [0, 0.05) is 87.6 Å². The molecule has 2 aromatic heterocycles. The van der Waals surface area contributed by atoms with Crippen molar-refractivity contribution in [3.63, 3.8) is 0 Å². The first-order valence-corrected chi connectivity index (χ1v) is 18.3. The molecule has 0 N–H and O–H groups in total. The predicted octanol–water partition coefficient (Wildman–Crippen LogP) is 4.94. The van der Waals surface area contributed by atoms with Crippen LogP contribution in [0, 0.1) is 11.2 Å². The van der Waals surface area contributed by atoms with Crippen molar-refractivity contribution in [2.24, 2.45) is 5.41 Å². The van der Waals surface area contributed by atoms with Crippen LogP contribution >= 0.6 is 0 Å². The highest BCUT2D eigenvalue weighted by molar-refractivity contribution is 5.97. The van der Waals surface area contributed by atoms with Crippen molar-refractivity contribution in [1.29, 1.82) is 0 Å². The molecule has 3 saturated heterocycles. The van der Waals surface area contributed by atoms with Crippen molar-refractivity contribution in [3.8, 4) is 17.2 Å². The van der Waals surface area contributed by atoms with Gasteiger partial charge in [-0.2, -0.15) is 0 Å². The summed E-state index contributed by atoms with van der Waals surface area (Å²) >= 11 is 0. The van der Waals surface area contributed by atoms with Gasteiger partial charge in [-0.15, -0.1) is 0 Å². The number of anilines is 1. The molecular weight excluding hydrogens is 637 g/mol. The Morgan fingerprint density at radius 2 is 1.88 bits per heavy atom. The van der Waals surface area contributed by atoms with E-state index in [4.69, 9.17) is 19.2 Å². The fourth-order valence-corrected chi connectivity index (χ4v) is 8.59. The fourth-order valence-electron chi connectivity index (χ4n) is 8.59. The van der Waals surface area contributed by atoms with Gasteiger partial charge < -0.3 is 24.0 Å². The van der Waals surface area contributed by atoms with E-state index in [1.165, 1.54) is 48.6 Å². The van der Waals surface area contributed by atoms with E-state index in [1.54, 1.807) is 11.1 Å². The first-order chi connectivity index (χ1) is 24.2. The summed E-state index contributed by atoms with van der Waals surface area (Å²) in [7, 11) is 0. The van der Waals surface area contributed by atoms with Crippen molar-refractivity contribution in [3.05, 3.63) is 65.6 Å². The van der Waals surface area contributed by atoms with Crippen molar-refractivity contribution in [2.75, 3.05) is 63.9 Å². The Morgan fingerprint density at radius 1 is 1.08 bits per heavy atom. The zero-order valence-corrected chi connectivity index (χ0v) is 29.4. The first-order valence-electron chi connectivity index (χ1n) is 18.3. The minimum Gasteiger partial charge on any atom is -0.490 e. The summed E-state index contributed by atoms with van der Waals surface area (Å²) in [4.78, 5) is 35.8. The summed E-state index contributed by atoms with van der Waals surface area (Å²) in [6, 6.07) is 6.05. The molecule has 11 nitrogen and oxygen atoms in total. The van der Waals surface area contributed by atoms with Crippen LogP contribution in [0.25, 0.3) is 0 Å². The number of hydrogen-bond donors (Lipinski definition) is 0. The van der Waals surface area contributed by atoms with Gasteiger partial charge in [0.1, 0.15) is 29.7 Å². The van der Waals surface area contributed by atoms with E-state index in [9.17, 15) is 9.18 Å². The highest BCUT2D eigenvalue weighted by Gasteiger charge is 2.54. The number of hydrogen-bond acceptors (Lipinski definition) is 10. The van der Waals surface area contributed by atoms with E-state index < -0.39 is 5.82 Å². The highest BCUT2D eigenvalue weighted by Crippen LogP contribution is 2.52. The molecule has 50 heavy (non-hydrogen) atoms. The molecule has 5 aliphatic rings. The van der Waals surface area contributed by atoms with Gasteiger partial charge in [-0.3, -0.25) is 19.6 Å². The van der Waals surface area contributed by atoms with Gasteiger partial charge in [-0.1, -0.05) is 0 Å². The van der Waals surface area contributed by atoms with Gasteiger partial charge in [0.05, 0.1) is 24.0 Å². The summed E-state index contributed by atoms with van der Waals surface area (Å²) in [5.74, 6) is 1.61. The van der Waals surface area contributed by atoms with Crippen LogP contribution in [0.1, 0.15) is 68.1 Å². The number of amides is 1. The molecule has 3 aromatic rings. The maximum absolute atomic E-state index is 14.3. The van der Waals surface area contributed by atoms with Gasteiger partial charge in [0.2, 0.25) is 0 Å². The molecule has 6 heterocycles. The lowest BCUT2D eigenvalue weighted by Crippen LogP contribution is -2.68. The Morgan fingerprint density at radius 3 is 2.62 bits per heavy atom. The number of aromatic nitrogens is 3. The molecule has 0 unspecified atom stereocenters. The zero-order chi connectivity index (χ0) is 34.5. The average Bonchev–Trinajstić information content (AvgIpc) is 3.03. The van der Waals surface area contributed by atoms with Crippen LogP contribution in [0.15, 0.2) is 43.0 Å². The summed E-state index contributed by atoms with van der Waals surface area (Å²) < 4.78 is 33.0. The molecule has 0 atom stereocenters. The first kappa shape index (κ1) is 33.3. The van der Waals surface area contributed by atoms with Gasteiger partial charge in [0.25, 0.3) is 5.91 Å². The number of pyridine rings is 1. The van der Waals surface area contributed by atoms with Crippen LogP contribution in [0.5, 0.6) is 17.2 Å². The third kappa shape index (κ3) is 6.41. The number of benzene rings is 1. The molecule has 12 heteroatoms. The Kier molecular flexibility index (Phi) is 8.89. The summed E-state index contributed by atoms with van der Waals surface area (Å²) in [6.45, 7) is 15.2. The molecule has 1 aliphatic carbocycles. The second-order valence-electron chi connectivity index (χ2n) is 15.2. The Hall–Kier alpha value is -3.87. The van der Waals surface area contributed by atoms with E-state index >= 15 is 0 Å². The maximum Gasteiger partial charge on any atom is 0.257 e. The molecule has 0 bridgehead atoms. The van der Waals surface area contributed by atoms with Crippen LogP contribution in [0.2, 0.25) is 0 Å². The van der Waals surface area contributed by atoms with E-state index in [2.05, 4.69) is 24.7 Å². The maximum atomic E-state index is 14.3. The smallest absolute Gasteiger partial charge is 0.257 e. The second kappa shape index (κ2) is 13.4. The van der Waals surface area contributed by atoms with E-state index in [-0.39, 0.29) is 40.4 Å². The van der Waals surface area contributed by atoms with Gasteiger partial charge in [-0.25, -0.2) is 14.4 Å². The van der Waals surface area contributed by atoms with Crippen molar-refractivity contribution < 1.29 is 23.4 Å². The van der Waals surface area contributed by atoms with Crippen molar-refractivity contribution >= 4 is 11.7 Å². The van der Waals surface area contributed by atoms with Crippen LogP contribution < -0.4 is 14.4 Å². The summed E-state index contributed by atoms with van der Waals surface area (Å²) in [5, 5.41) is 0. The van der Waals surface area contributed by atoms with E-state index in [0.29, 0.717) is 18.1 Å². The summed E-state index contributed by atoms with van der Waals surface area (Å²) in [6.07, 6.45) is 10.5. The molecule has 4 aliphatic heterocycles. The monoisotopic (exact) mass is 685 g/mol. The van der Waals surface area contributed by atoms with E-state index in [1.807, 2.05) is 33.0 Å². The average molecular weight is 686 g/mol. The van der Waals surface area contributed by atoms with Crippen LogP contribution in [0.3, 0.4) is 0 Å². The number of carbonyl (C=O) groups excluding carboxylic acids is 1. The Balaban J connectivity index is 0.856. The normalized spacial score (nSPS) is 20.9. The number of carbonyl (C=O) groups is 1. The van der Waals surface area contributed by atoms with E-state index in [0.717, 1.165) is 84.0 Å². The fraction of sp³-hybridized carbons (Fsp3) is 0.579. The largest absolute Gasteiger partial charge is 0.490 e. The van der Waals surface area contributed by atoms with Gasteiger partial charge in [-0.05, 0) is 77.4 Å². The molecule has 0 radical (unpaired) electrons. The molecule has 1 aromatic carbocycles. The molecule has 1 saturated carbocycles. The molecule has 4 fully saturated rings. The second-order valence-corrected chi connectivity index (χ2v) is 15.2. The standard InChI is InChI=1S/C38H48FN7O4/c1-4-46(26(2)3)36(47)29-16-27(39)6-7-32(29)50-34-19-40-25-42-35(34)45-21-37(22-45)17-28(18-37)49-33-8-11-41-31-9-14-43(20-30(31)33)12-5-13-44-23-38(24-44)10-15-48-38/h6-8,11,16,19,25-26,28H,4-5,9-10,12-15,17-18,20-24H2,1-3H3. The predicted molar refractivity (Wildman–Crippen MR) is 186 cm³/mol. The van der Waals surface area contributed by atoms with Gasteiger partial charge >= 0.3 is 0 Å². The number of likely N-dealkylation sites (tertiary alicyclic amines) is 1. The number of rotatable bonds is 12. The zero-order valence-electron chi connectivity index (χ0n) is 29.4. The van der Waals surface area contributed by atoms with Crippen molar-refractivity contribution in [1.82, 2.24) is 29.7 Å². The lowest BCUT2D eigenvalue weighted by Gasteiger charge is -2.59. The summed E-state index contributed by atoms with van der Waals surface area (Å²) in [5.41, 5.74) is 2.97. The van der Waals surface area contributed by atoms with Gasteiger partial charge in [0.15, 0.2) is 11.6 Å². The molecule has 2 spiro atoms. The van der Waals surface area contributed by atoms with Crippen LogP contribution in [0.4, 0.5) is 10.2 Å². The molecule has 266 valence electrons. The molecule has 8 rings (SSSR count). The van der Waals surface area contributed by atoms with Crippen molar-refractivity contribution in [2.45, 2.75) is 77.2 Å². The lowest BCUT2D eigenvalue weighted by molar-refractivity contribution is -0.221. The minimum atomic E-state index is -0.490. The third-order valence-corrected chi connectivity index (χ3v) is 11.3. The highest BCUT2D eigenvalue weighted by atomic mass is 19.1. The number of ether oxygens (including phenoxy) is 3. The lowest BCUT2D eigenvalue weighted by atomic mass is 9.61. The third-order valence-electron chi connectivity index (χ3n) is 11.3. The van der Waals surface area contributed by atoms with Crippen LogP contribution in [-0.2, 0) is 17.7 Å². The quantitative estimate of drug-likeness (QED) is 0.261. The Labute approximate surface area is 293 Å². The topological polar surface area (TPSA) is 96.4 Å². The number of fused-ring (bicyclic) bond motifs is 1. The number of nitrogens with zero attached hydrogens (tertiary/aromatic N) is 7. The van der Waals surface area contributed by atoms with Crippen LogP contribution in [-0.4, -0.2) is 112 Å².